The van der Waals surface area contributed by atoms with Crippen molar-refractivity contribution in [1.82, 2.24) is 0 Å². The van der Waals surface area contributed by atoms with Crippen LogP contribution in [0.4, 0.5) is 0 Å². The molecule has 1 aliphatic rings. The SMILES string of the molecule is CC1(C)c2cc(SOO[O-])cc(P(c3ccccc3)c3ccccc3)c2Oc2c(P(c3ccccc3)c3ccccc3)cc(S(=O)(=O)[O-])cc21.[Na+].[Na+]. The molecule has 0 amide bonds. The van der Waals surface area contributed by atoms with Crippen molar-refractivity contribution in [2.75, 3.05) is 0 Å². The standard InChI is InChI=1S/C39H32O7P2S2.2Na/c1-39(2)33-23-31(49-46-45-40)24-35(47(27-15-7-3-8-16-27)28-17-9-4-10-18-28)37(33)44-38-34(39)25-32(50(41,42)43)26-36(38)48(29-19-11-5-12-20-29)30-21-13-6-14-22-30;;/h3-26,40H,1-2H3,(H,41,42,43);;/q;2*+1/p-2. The molecule has 0 aromatic heterocycles. The van der Waals surface area contributed by atoms with E-state index in [0.717, 1.165) is 44.1 Å². The van der Waals surface area contributed by atoms with Crippen molar-refractivity contribution in [2.24, 2.45) is 0 Å². The van der Waals surface area contributed by atoms with Crippen LogP contribution in [0.5, 0.6) is 11.5 Å². The van der Waals surface area contributed by atoms with Crippen LogP contribution in [0.1, 0.15) is 25.0 Å². The molecule has 0 unspecified atom stereocenters. The van der Waals surface area contributed by atoms with E-state index < -0.39 is 31.4 Å². The molecule has 13 heteroatoms. The summed E-state index contributed by atoms with van der Waals surface area (Å²) in [5.74, 6) is 1.15. The molecule has 0 saturated carbocycles. The van der Waals surface area contributed by atoms with Gasteiger partial charge in [0.25, 0.3) is 0 Å². The van der Waals surface area contributed by atoms with Crippen LogP contribution in [0, 0.1) is 0 Å². The average molecular weight is 783 g/mol. The summed E-state index contributed by atoms with van der Waals surface area (Å²) in [6.07, 6.45) is 0. The second kappa shape index (κ2) is 17.7. The van der Waals surface area contributed by atoms with Crippen molar-refractivity contribution in [3.63, 3.8) is 0 Å². The molecule has 0 aliphatic carbocycles. The van der Waals surface area contributed by atoms with E-state index in [1.807, 2.05) is 123 Å². The average Bonchev–Trinajstić information content (AvgIpc) is 3.13. The Kier molecular flexibility index (Phi) is 14.1. The van der Waals surface area contributed by atoms with Crippen molar-refractivity contribution in [3.8, 4) is 11.5 Å². The zero-order valence-corrected chi connectivity index (χ0v) is 36.3. The quantitative estimate of drug-likeness (QED) is 0.0470. The van der Waals surface area contributed by atoms with Crippen LogP contribution in [0.2, 0.25) is 0 Å². The number of fused-ring (bicyclic) bond motifs is 2. The minimum absolute atomic E-state index is 0. The molecule has 7 rings (SSSR count). The van der Waals surface area contributed by atoms with Gasteiger partial charge >= 0.3 is 59.1 Å². The van der Waals surface area contributed by atoms with Gasteiger partial charge in [-0.25, -0.2) is 8.42 Å². The van der Waals surface area contributed by atoms with Crippen molar-refractivity contribution in [2.45, 2.75) is 29.1 Å². The second-order valence-corrected chi connectivity index (χ2v) is 18.6. The predicted molar refractivity (Wildman–Crippen MR) is 198 cm³/mol. The minimum Gasteiger partial charge on any atom is -0.744 e. The molecule has 52 heavy (non-hydrogen) atoms. The van der Waals surface area contributed by atoms with Gasteiger partial charge in [0, 0.05) is 32.0 Å². The predicted octanol–water partition coefficient (Wildman–Crippen LogP) is -0.223. The zero-order chi connectivity index (χ0) is 34.9. The van der Waals surface area contributed by atoms with E-state index >= 15 is 0 Å². The van der Waals surface area contributed by atoms with E-state index in [9.17, 15) is 18.2 Å². The normalized spacial score (nSPS) is 13.0. The van der Waals surface area contributed by atoms with Gasteiger partial charge in [0.1, 0.15) is 21.6 Å². The molecule has 6 aromatic carbocycles. The Morgan fingerprint density at radius 2 is 1.00 bits per heavy atom. The maximum Gasteiger partial charge on any atom is 1.00 e. The smallest absolute Gasteiger partial charge is 0.744 e. The van der Waals surface area contributed by atoms with Gasteiger partial charge in [0.15, 0.2) is 0 Å². The third-order valence-electron chi connectivity index (χ3n) is 8.62. The Labute approximate surface area is 355 Å². The van der Waals surface area contributed by atoms with Gasteiger partial charge in [-0.2, -0.15) is 4.33 Å². The van der Waals surface area contributed by atoms with Crippen LogP contribution in [0.15, 0.2) is 155 Å². The van der Waals surface area contributed by atoms with E-state index in [4.69, 9.17) is 9.07 Å². The molecule has 1 aliphatic heterocycles. The maximum absolute atomic E-state index is 12.8. The fraction of sp³-hybridized carbons (Fsp3) is 0.0769. The first kappa shape index (κ1) is 41.3. The largest absolute Gasteiger partial charge is 1.00 e. The van der Waals surface area contributed by atoms with Crippen LogP contribution in [-0.2, 0) is 24.9 Å². The summed E-state index contributed by atoms with van der Waals surface area (Å²) >= 11 is 0.785. The van der Waals surface area contributed by atoms with Crippen LogP contribution >= 0.6 is 27.9 Å². The van der Waals surface area contributed by atoms with Crippen molar-refractivity contribution < 1.29 is 91.5 Å². The third kappa shape index (κ3) is 8.50. The first-order valence-electron chi connectivity index (χ1n) is 15.6. The minimum atomic E-state index is -4.87. The van der Waals surface area contributed by atoms with E-state index in [1.54, 1.807) is 0 Å². The number of rotatable bonds is 10. The number of hydrogen-bond donors (Lipinski definition) is 0. The molecule has 6 aromatic rings. The summed E-state index contributed by atoms with van der Waals surface area (Å²) in [6, 6.07) is 46.8. The van der Waals surface area contributed by atoms with Crippen molar-refractivity contribution in [3.05, 3.63) is 157 Å². The Bertz CT molecular complexity index is 2170. The van der Waals surface area contributed by atoms with Crippen molar-refractivity contribution >= 4 is 69.8 Å². The molecule has 1 heterocycles. The molecule has 0 fully saturated rings. The Morgan fingerprint density at radius 1 is 0.615 bits per heavy atom. The van der Waals surface area contributed by atoms with Gasteiger partial charge in [0.05, 0.1) is 16.9 Å². The number of ether oxygens (including phenoxy) is 1. The summed E-state index contributed by atoms with van der Waals surface area (Å²) in [5.41, 5.74) is 0.438. The summed E-state index contributed by atoms with van der Waals surface area (Å²) in [4.78, 5) is 0.271. The Morgan fingerprint density at radius 3 is 1.38 bits per heavy atom. The molecule has 0 spiro atoms. The fourth-order valence-corrected chi connectivity index (χ4v) is 12.3. The van der Waals surface area contributed by atoms with Crippen LogP contribution in [0.3, 0.4) is 0 Å². The monoisotopic (exact) mass is 782 g/mol. The van der Waals surface area contributed by atoms with E-state index in [1.165, 1.54) is 12.1 Å². The molecule has 0 atom stereocenters. The molecule has 252 valence electrons. The molecule has 0 bridgehead atoms. The summed E-state index contributed by atoms with van der Waals surface area (Å²) in [5, 5.41) is 20.3. The fourth-order valence-electron chi connectivity index (χ4n) is 6.31. The maximum atomic E-state index is 12.8. The second-order valence-electron chi connectivity index (χ2n) is 12.1. The van der Waals surface area contributed by atoms with Crippen LogP contribution in [0.25, 0.3) is 0 Å². The number of hydrogen-bond acceptors (Lipinski definition) is 8. The molecule has 0 radical (unpaired) electrons. The first-order valence-corrected chi connectivity index (χ1v) is 20.4. The van der Waals surface area contributed by atoms with E-state index in [0.29, 0.717) is 27.3 Å². The summed E-state index contributed by atoms with van der Waals surface area (Å²) in [7, 11) is -7.46. The molecular weight excluding hydrogens is 752 g/mol. The van der Waals surface area contributed by atoms with Gasteiger partial charge in [-0.05, 0) is 61.3 Å². The Hall–Kier alpha value is -1.88. The summed E-state index contributed by atoms with van der Waals surface area (Å²) in [6.45, 7) is 3.98. The molecule has 0 saturated heterocycles. The Balaban J connectivity index is 0.00000261. The van der Waals surface area contributed by atoms with E-state index in [2.05, 4.69) is 29.3 Å². The molecule has 7 nitrogen and oxygen atoms in total. The molecule has 0 N–H and O–H groups in total. The van der Waals surface area contributed by atoms with Gasteiger partial charge in [0.2, 0.25) is 0 Å². The van der Waals surface area contributed by atoms with Gasteiger partial charge in [-0.1, -0.05) is 135 Å². The first-order chi connectivity index (χ1) is 24.2. The third-order valence-corrected chi connectivity index (χ3v) is 14.9. The zero-order valence-electron chi connectivity index (χ0n) is 28.9. The van der Waals surface area contributed by atoms with Gasteiger partial charge in [-0.3, -0.25) is 5.04 Å². The van der Waals surface area contributed by atoms with E-state index in [-0.39, 0.29) is 64.0 Å². The number of benzene rings is 6. The molecular formula is C39H30Na2O7P2S2. The van der Waals surface area contributed by atoms with Crippen LogP contribution in [-0.4, -0.2) is 13.0 Å². The van der Waals surface area contributed by atoms with Gasteiger partial charge in [-0.15, -0.1) is 0 Å². The summed E-state index contributed by atoms with van der Waals surface area (Å²) < 4.78 is 50.4. The van der Waals surface area contributed by atoms with Crippen LogP contribution < -0.4 is 101 Å². The van der Waals surface area contributed by atoms with Crippen molar-refractivity contribution in [1.29, 1.82) is 0 Å². The van der Waals surface area contributed by atoms with Gasteiger partial charge < -0.3 is 14.5 Å². The topological polar surface area (TPSA) is 108 Å².